The van der Waals surface area contributed by atoms with Gasteiger partial charge < -0.3 is 4.74 Å². The predicted molar refractivity (Wildman–Crippen MR) is 97.0 cm³/mol. The van der Waals surface area contributed by atoms with Gasteiger partial charge in [-0.2, -0.15) is 13.2 Å². The number of alkyl halides is 3. The molecule has 0 fully saturated rings. The van der Waals surface area contributed by atoms with Crippen LogP contribution in [0.25, 0.3) is 5.70 Å². The highest BCUT2D eigenvalue weighted by atomic mass is 35.5. The van der Waals surface area contributed by atoms with Gasteiger partial charge in [0.1, 0.15) is 5.15 Å². The maximum Gasteiger partial charge on any atom is 0.428 e. The fourth-order valence-electron chi connectivity index (χ4n) is 2.58. The molecule has 5 nitrogen and oxygen atoms in total. The van der Waals surface area contributed by atoms with Gasteiger partial charge in [-0.05, 0) is 36.4 Å². The molecule has 3 rings (SSSR count). The Morgan fingerprint density at radius 2 is 1.82 bits per heavy atom. The first-order valence-corrected chi connectivity index (χ1v) is 8.66. The smallest absolute Gasteiger partial charge is 0.428 e. The second-order valence-electron chi connectivity index (χ2n) is 5.68. The van der Waals surface area contributed by atoms with Crippen molar-refractivity contribution in [1.29, 1.82) is 0 Å². The minimum Gasteiger partial charge on any atom is -0.465 e. The van der Waals surface area contributed by atoms with E-state index in [1.54, 1.807) is 0 Å². The van der Waals surface area contributed by atoms with E-state index in [0.717, 1.165) is 25.3 Å². The Kier molecular flexibility index (Phi) is 5.51. The molecule has 28 heavy (non-hydrogen) atoms. The lowest BCUT2D eigenvalue weighted by Gasteiger charge is -2.28. The van der Waals surface area contributed by atoms with Gasteiger partial charge >= 0.3 is 12.1 Å². The summed E-state index contributed by atoms with van der Waals surface area (Å²) >= 11 is 17.6. The molecule has 0 radical (unpaired) electrons. The van der Waals surface area contributed by atoms with Crippen LogP contribution in [0.3, 0.4) is 0 Å². The van der Waals surface area contributed by atoms with E-state index in [4.69, 9.17) is 39.6 Å². The van der Waals surface area contributed by atoms with Crippen LogP contribution in [-0.4, -0.2) is 24.2 Å². The number of hydrogen-bond donors (Lipinski definition) is 1. The minimum absolute atomic E-state index is 0.0141. The molecule has 2 heterocycles. The number of ether oxygens (including phenoxy) is 1. The Bertz CT molecular complexity index is 962. The van der Waals surface area contributed by atoms with Crippen LogP contribution in [0.5, 0.6) is 0 Å². The zero-order valence-electron chi connectivity index (χ0n) is 13.9. The summed E-state index contributed by atoms with van der Waals surface area (Å²) in [5.74, 6) is -0.730. The summed E-state index contributed by atoms with van der Waals surface area (Å²) in [6.45, 7) is 0. The first kappa shape index (κ1) is 20.7. The average Bonchev–Trinajstić information content (AvgIpc) is 3.07. The van der Waals surface area contributed by atoms with E-state index in [0.29, 0.717) is 0 Å². The Morgan fingerprint density at radius 1 is 1.18 bits per heavy atom. The van der Waals surface area contributed by atoms with Crippen molar-refractivity contribution in [3.05, 3.63) is 68.4 Å². The van der Waals surface area contributed by atoms with E-state index >= 15 is 0 Å². The summed E-state index contributed by atoms with van der Waals surface area (Å²) in [4.78, 5) is 20.5. The van der Waals surface area contributed by atoms with E-state index in [2.05, 4.69) is 15.2 Å². The third-order valence-electron chi connectivity index (χ3n) is 3.91. The van der Waals surface area contributed by atoms with Gasteiger partial charge in [-0.3, -0.25) is 10.3 Å². The summed E-state index contributed by atoms with van der Waals surface area (Å²) in [6.07, 6.45) is -4.06. The highest BCUT2D eigenvalue weighted by molar-refractivity contribution is 6.34. The molecule has 0 bridgehead atoms. The Morgan fingerprint density at radius 3 is 2.36 bits per heavy atom. The number of nitrogens with one attached hydrogen (secondary N) is 1. The van der Waals surface area contributed by atoms with Crippen LogP contribution in [-0.2, 0) is 15.2 Å². The van der Waals surface area contributed by atoms with Gasteiger partial charge in [0, 0.05) is 15.6 Å². The SMILES string of the molecule is COC(=O)c1ccc(C2=CC(c3cc(Cl)cc(Cl)c3)(C(F)(F)F)ON2)nc1Cl. The van der Waals surface area contributed by atoms with Crippen LogP contribution in [0.1, 0.15) is 21.6 Å². The van der Waals surface area contributed by atoms with E-state index in [-0.39, 0.29) is 37.7 Å². The highest BCUT2D eigenvalue weighted by Gasteiger charge is 2.59. The average molecular weight is 454 g/mol. The van der Waals surface area contributed by atoms with Crippen molar-refractivity contribution in [2.24, 2.45) is 0 Å². The first-order valence-electron chi connectivity index (χ1n) is 7.53. The lowest BCUT2D eigenvalue weighted by molar-refractivity contribution is -0.269. The molecule has 0 amide bonds. The number of halogens is 6. The van der Waals surface area contributed by atoms with Gasteiger partial charge in [-0.1, -0.05) is 34.8 Å². The van der Waals surface area contributed by atoms with Crippen molar-refractivity contribution in [3.8, 4) is 0 Å². The second kappa shape index (κ2) is 7.44. The van der Waals surface area contributed by atoms with E-state index < -0.39 is 17.7 Å². The standard InChI is InChI=1S/C17H10Cl3F3N2O3/c1-27-15(26)11-2-3-12(24-14(11)20)13-7-16(28-25-13,17(21,22)23)8-4-9(18)6-10(19)5-8/h2-7,25H,1H3. The molecule has 1 aliphatic rings. The molecule has 148 valence electrons. The van der Waals surface area contributed by atoms with Crippen molar-refractivity contribution >= 4 is 46.5 Å². The molecule has 1 aromatic carbocycles. The number of carbonyl (C=O) groups is 1. The summed E-state index contributed by atoms with van der Waals surface area (Å²) in [6, 6.07) is 6.09. The molecule has 1 aromatic heterocycles. The van der Waals surface area contributed by atoms with Gasteiger partial charge in [0.05, 0.1) is 24.1 Å². The van der Waals surface area contributed by atoms with Gasteiger partial charge in [-0.15, -0.1) is 0 Å². The molecule has 0 spiro atoms. The number of hydrogen-bond acceptors (Lipinski definition) is 5. The van der Waals surface area contributed by atoms with Gasteiger partial charge in [0.25, 0.3) is 0 Å². The molecule has 0 saturated heterocycles. The van der Waals surface area contributed by atoms with Crippen LogP contribution in [0, 0.1) is 0 Å². The van der Waals surface area contributed by atoms with Crippen molar-refractivity contribution in [2.45, 2.75) is 11.8 Å². The third-order valence-corrected chi connectivity index (χ3v) is 4.64. The van der Waals surface area contributed by atoms with Crippen LogP contribution >= 0.6 is 34.8 Å². The number of benzene rings is 1. The van der Waals surface area contributed by atoms with Crippen molar-refractivity contribution in [2.75, 3.05) is 7.11 Å². The normalized spacial score (nSPS) is 19.2. The zero-order valence-corrected chi connectivity index (χ0v) is 16.2. The molecular formula is C17H10Cl3F3N2O3. The van der Waals surface area contributed by atoms with E-state index in [1.807, 2.05) is 0 Å². The third kappa shape index (κ3) is 3.65. The van der Waals surface area contributed by atoms with Gasteiger partial charge in [-0.25, -0.2) is 9.78 Å². The lowest BCUT2D eigenvalue weighted by atomic mass is 9.92. The molecule has 1 unspecified atom stereocenters. The Balaban J connectivity index is 2.10. The molecule has 2 aromatic rings. The minimum atomic E-state index is -4.86. The van der Waals surface area contributed by atoms with Crippen molar-refractivity contribution in [3.63, 3.8) is 0 Å². The fraction of sp³-hybridized carbons (Fsp3) is 0.176. The quantitative estimate of drug-likeness (QED) is 0.514. The summed E-state index contributed by atoms with van der Waals surface area (Å²) < 4.78 is 46.4. The summed E-state index contributed by atoms with van der Waals surface area (Å²) in [7, 11) is 1.16. The van der Waals surface area contributed by atoms with Gasteiger partial charge in [0.15, 0.2) is 0 Å². The number of carbonyl (C=O) groups excluding carboxylic acids is 1. The zero-order chi connectivity index (χ0) is 20.7. The second-order valence-corrected chi connectivity index (χ2v) is 6.91. The Labute approximate surface area is 172 Å². The highest BCUT2D eigenvalue weighted by Crippen LogP contribution is 2.48. The number of methoxy groups -OCH3 is 1. The molecule has 1 aliphatic heterocycles. The Hall–Kier alpha value is -2.00. The maximum absolute atomic E-state index is 13.9. The number of nitrogens with zero attached hydrogens (tertiary/aromatic N) is 1. The van der Waals surface area contributed by atoms with Crippen LogP contribution < -0.4 is 5.48 Å². The van der Waals surface area contributed by atoms with Gasteiger partial charge in [0.2, 0.25) is 5.60 Å². The summed E-state index contributed by atoms with van der Waals surface area (Å²) in [5.41, 5.74) is -1.07. The molecule has 0 aliphatic carbocycles. The lowest BCUT2D eigenvalue weighted by Crippen LogP contribution is -2.42. The molecular weight excluding hydrogens is 444 g/mol. The molecule has 0 saturated carbocycles. The number of esters is 1. The van der Waals surface area contributed by atoms with Crippen LogP contribution in [0.15, 0.2) is 36.4 Å². The van der Waals surface area contributed by atoms with E-state index in [1.165, 1.54) is 18.2 Å². The van der Waals surface area contributed by atoms with Crippen LogP contribution in [0.4, 0.5) is 13.2 Å². The largest absolute Gasteiger partial charge is 0.465 e. The topological polar surface area (TPSA) is 60.5 Å². The first-order chi connectivity index (χ1) is 13.1. The van der Waals surface area contributed by atoms with Crippen molar-refractivity contribution in [1.82, 2.24) is 10.5 Å². The van der Waals surface area contributed by atoms with Crippen LogP contribution in [0.2, 0.25) is 15.2 Å². The maximum atomic E-state index is 13.9. The number of hydroxylamine groups is 1. The van der Waals surface area contributed by atoms with Crippen molar-refractivity contribution < 1.29 is 27.5 Å². The monoisotopic (exact) mass is 452 g/mol. The number of rotatable bonds is 3. The fourth-order valence-corrected chi connectivity index (χ4v) is 3.34. The molecule has 11 heteroatoms. The predicted octanol–water partition coefficient (Wildman–Crippen LogP) is 5.16. The number of aromatic nitrogens is 1. The summed E-state index contributed by atoms with van der Waals surface area (Å²) in [5, 5.41) is -0.206. The van der Waals surface area contributed by atoms with E-state index in [9.17, 15) is 18.0 Å². The molecule has 1 atom stereocenters. The number of pyridine rings is 1. The molecule has 1 N–H and O–H groups in total.